The maximum Gasteiger partial charge on any atom is 0.0725 e. The third kappa shape index (κ3) is 5.76. The van der Waals surface area contributed by atoms with Crippen molar-refractivity contribution in [2.75, 3.05) is 4.90 Å². The number of hydrogen-bond donors (Lipinski definition) is 0. The van der Waals surface area contributed by atoms with Crippen LogP contribution < -0.4 is 4.90 Å². The van der Waals surface area contributed by atoms with Crippen molar-refractivity contribution in [3.05, 3.63) is 293 Å². The molecule has 15 rings (SSSR count). The van der Waals surface area contributed by atoms with Crippen molar-refractivity contribution in [3.8, 4) is 77.9 Å². The Morgan fingerprint density at radius 3 is 1.27 bits per heavy atom. The Balaban J connectivity index is 0.882. The van der Waals surface area contributed by atoms with Gasteiger partial charge in [-0.3, -0.25) is 0 Å². The van der Waals surface area contributed by atoms with Gasteiger partial charge in [-0.1, -0.05) is 240 Å². The minimum atomic E-state index is -0.394. The number of nitrogens with zero attached hydrogens (tertiary/aromatic N) is 1. The molecule has 11 aromatic carbocycles. The fraction of sp³-hybridized carbons (Fsp3) is 0.0959. The van der Waals surface area contributed by atoms with Gasteiger partial charge in [-0.2, -0.15) is 0 Å². The number of benzene rings is 11. The van der Waals surface area contributed by atoms with E-state index in [2.05, 4.69) is 281 Å². The molecule has 350 valence electrons. The minimum Gasteiger partial charge on any atom is -0.310 e. The van der Waals surface area contributed by atoms with Crippen LogP contribution >= 0.6 is 0 Å². The molecular formula is C73H53N. The van der Waals surface area contributed by atoms with E-state index in [1.807, 2.05) is 0 Å². The van der Waals surface area contributed by atoms with Crippen LogP contribution in [0.3, 0.4) is 0 Å². The van der Waals surface area contributed by atoms with Crippen LogP contribution in [-0.4, -0.2) is 0 Å². The van der Waals surface area contributed by atoms with E-state index in [0.717, 1.165) is 17.1 Å². The number of hydrogen-bond acceptors (Lipinski definition) is 1. The number of fused-ring (bicyclic) bond motifs is 16. The summed E-state index contributed by atoms with van der Waals surface area (Å²) in [7, 11) is 0. The zero-order chi connectivity index (χ0) is 49.5. The van der Waals surface area contributed by atoms with E-state index in [1.165, 1.54) is 122 Å². The molecule has 0 atom stereocenters. The number of para-hydroxylation sites is 1. The summed E-state index contributed by atoms with van der Waals surface area (Å²) in [5, 5.41) is 0. The van der Waals surface area contributed by atoms with Crippen molar-refractivity contribution >= 4 is 17.1 Å². The predicted molar refractivity (Wildman–Crippen MR) is 309 cm³/mol. The molecule has 0 N–H and O–H groups in total. The van der Waals surface area contributed by atoms with E-state index in [9.17, 15) is 0 Å². The van der Waals surface area contributed by atoms with Gasteiger partial charge in [-0.25, -0.2) is 0 Å². The quantitative estimate of drug-likeness (QED) is 0.161. The van der Waals surface area contributed by atoms with Gasteiger partial charge in [0, 0.05) is 27.8 Å². The molecule has 0 aliphatic heterocycles. The highest BCUT2D eigenvalue weighted by Gasteiger charge is 2.51. The van der Waals surface area contributed by atoms with Crippen LogP contribution in [0.25, 0.3) is 77.9 Å². The first-order valence-electron chi connectivity index (χ1n) is 26.3. The molecule has 0 bridgehead atoms. The maximum absolute atomic E-state index is 2.49. The summed E-state index contributed by atoms with van der Waals surface area (Å²) < 4.78 is 0. The molecule has 0 aromatic heterocycles. The molecule has 0 unspecified atom stereocenters. The van der Waals surface area contributed by atoms with Gasteiger partial charge in [-0.05, 0) is 153 Å². The largest absolute Gasteiger partial charge is 0.310 e. The monoisotopic (exact) mass is 943 g/mol. The van der Waals surface area contributed by atoms with Crippen LogP contribution in [-0.2, 0) is 16.2 Å². The van der Waals surface area contributed by atoms with E-state index in [-0.39, 0.29) is 10.8 Å². The van der Waals surface area contributed by atoms with Gasteiger partial charge in [0.25, 0.3) is 0 Å². The van der Waals surface area contributed by atoms with Gasteiger partial charge in [0.2, 0.25) is 0 Å². The Hall–Kier alpha value is -8.78. The van der Waals surface area contributed by atoms with Crippen molar-refractivity contribution in [1.82, 2.24) is 0 Å². The molecule has 74 heavy (non-hydrogen) atoms. The van der Waals surface area contributed by atoms with Crippen LogP contribution in [0.15, 0.2) is 249 Å². The normalized spacial score (nSPS) is 14.8. The topological polar surface area (TPSA) is 3.24 Å². The first kappa shape index (κ1) is 42.9. The van der Waals surface area contributed by atoms with Gasteiger partial charge >= 0.3 is 0 Å². The maximum atomic E-state index is 2.49. The Bertz CT molecular complexity index is 4060. The zero-order valence-electron chi connectivity index (χ0n) is 42.1. The Labute approximate surface area is 434 Å². The van der Waals surface area contributed by atoms with Crippen molar-refractivity contribution in [2.24, 2.45) is 0 Å². The van der Waals surface area contributed by atoms with E-state index in [4.69, 9.17) is 0 Å². The average molecular weight is 944 g/mol. The Morgan fingerprint density at radius 1 is 0.257 bits per heavy atom. The van der Waals surface area contributed by atoms with E-state index in [1.54, 1.807) is 0 Å². The van der Waals surface area contributed by atoms with Crippen molar-refractivity contribution in [2.45, 2.75) is 43.9 Å². The lowest BCUT2D eigenvalue weighted by atomic mass is 9.70. The van der Waals surface area contributed by atoms with Crippen molar-refractivity contribution in [3.63, 3.8) is 0 Å². The van der Waals surface area contributed by atoms with Crippen molar-refractivity contribution in [1.29, 1.82) is 0 Å². The Morgan fingerprint density at radius 2 is 0.662 bits per heavy atom. The molecule has 0 amide bonds. The highest BCUT2D eigenvalue weighted by molar-refractivity contribution is 6.00. The molecule has 4 aliphatic carbocycles. The summed E-state index contributed by atoms with van der Waals surface area (Å²) in [6.45, 7) is 9.50. The van der Waals surface area contributed by atoms with E-state index >= 15 is 0 Å². The molecule has 1 heteroatoms. The van der Waals surface area contributed by atoms with Gasteiger partial charge in [-0.15, -0.1) is 0 Å². The van der Waals surface area contributed by atoms with Crippen LogP contribution in [0.2, 0.25) is 0 Å². The summed E-state index contributed by atoms with van der Waals surface area (Å²) in [6.07, 6.45) is 0. The van der Waals surface area contributed by atoms with Crippen LogP contribution in [0.1, 0.15) is 72.2 Å². The molecule has 11 aromatic rings. The lowest BCUT2D eigenvalue weighted by molar-refractivity contribution is 0.660. The second-order valence-electron chi connectivity index (χ2n) is 21.9. The molecule has 0 radical (unpaired) electrons. The molecule has 0 fully saturated rings. The molecule has 0 saturated heterocycles. The zero-order valence-corrected chi connectivity index (χ0v) is 42.1. The van der Waals surface area contributed by atoms with Crippen LogP contribution in [0.4, 0.5) is 17.1 Å². The summed E-state index contributed by atoms with van der Waals surface area (Å²) >= 11 is 0. The highest BCUT2D eigenvalue weighted by Crippen LogP contribution is 2.63. The summed E-state index contributed by atoms with van der Waals surface area (Å²) in [6, 6.07) is 93.8. The fourth-order valence-electron chi connectivity index (χ4n) is 14.3. The second-order valence-corrected chi connectivity index (χ2v) is 21.9. The molecule has 0 heterocycles. The third-order valence-electron chi connectivity index (χ3n) is 17.5. The smallest absolute Gasteiger partial charge is 0.0725 e. The first-order valence-corrected chi connectivity index (χ1v) is 26.3. The predicted octanol–water partition coefficient (Wildman–Crippen LogP) is 19.1. The second kappa shape index (κ2) is 15.6. The minimum absolute atomic E-state index is 0.111. The number of anilines is 3. The van der Waals surface area contributed by atoms with Gasteiger partial charge in [0.15, 0.2) is 0 Å². The highest BCUT2D eigenvalue weighted by atomic mass is 15.1. The van der Waals surface area contributed by atoms with Crippen LogP contribution in [0.5, 0.6) is 0 Å². The first-order chi connectivity index (χ1) is 36.2. The molecular weight excluding hydrogens is 891 g/mol. The SMILES string of the molecule is CC1(C)c2ccccc2-c2c(-c3ccccc3N(c3ccc(-c4ccc5c(c4)C4(c6ccccc6-c6ccccc64)c4ccccc4-5)cc3)c3ccc(-c4cccc5c4C(C)(C)c4ccccc4-5)cc3)cccc21. The number of rotatable bonds is 6. The van der Waals surface area contributed by atoms with Gasteiger partial charge in [0.05, 0.1) is 11.1 Å². The Kier molecular flexibility index (Phi) is 9.04. The summed E-state index contributed by atoms with van der Waals surface area (Å²) in [4.78, 5) is 2.48. The lowest BCUT2D eigenvalue weighted by Gasteiger charge is -2.31. The van der Waals surface area contributed by atoms with E-state index in [0.29, 0.717) is 0 Å². The summed E-state index contributed by atoms with van der Waals surface area (Å²) in [5.74, 6) is 0. The molecule has 4 aliphatic rings. The van der Waals surface area contributed by atoms with Gasteiger partial charge in [0.1, 0.15) is 0 Å². The molecule has 1 spiro atoms. The average Bonchev–Trinajstić information content (AvgIpc) is 4.23. The molecule has 1 nitrogen and oxygen atoms in total. The van der Waals surface area contributed by atoms with Crippen molar-refractivity contribution < 1.29 is 0 Å². The van der Waals surface area contributed by atoms with Gasteiger partial charge < -0.3 is 4.90 Å². The summed E-state index contributed by atoms with van der Waals surface area (Å²) in [5.41, 5.74) is 31.7. The van der Waals surface area contributed by atoms with E-state index < -0.39 is 5.41 Å². The van der Waals surface area contributed by atoms with Crippen LogP contribution in [0, 0.1) is 0 Å². The standard InChI is InChI=1S/C73H53N/c1-71(2)62-29-12-9-24-60(62)69-58(26-18-33-66(69)71)57-23-10-16-34-68(57)74(50-42-37-47(38-43-50)51-25-17-27-59-55-22-5-11-28-61(55)72(3,4)70(51)59)49-40-35-46(36-41-49)48-39-44-56-54-21-8-15-32-65(54)73(67(56)45-48)63-30-13-6-19-52(63)53-20-7-14-31-64(53)73/h5-45H,1-4H3. The third-order valence-corrected chi connectivity index (χ3v) is 17.5. The molecule has 0 saturated carbocycles. The fourth-order valence-corrected chi connectivity index (χ4v) is 14.3. The lowest BCUT2D eigenvalue weighted by Crippen LogP contribution is -2.25.